The van der Waals surface area contributed by atoms with Crippen molar-refractivity contribution >= 4 is 11.7 Å². The Hall–Kier alpha value is -1.58. The van der Waals surface area contributed by atoms with Crippen LogP contribution in [0.25, 0.3) is 0 Å². The third-order valence-electron chi connectivity index (χ3n) is 2.69. The maximum Gasteiger partial charge on any atom is 0.268 e. The number of aryl methyl sites for hydroxylation is 1. The summed E-state index contributed by atoms with van der Waals surface area (Å²) in [5.41, 5.74) is 2.61. The third kappa shape index (κ3) is 2.96. The smallest absolute Gasteiger partial charge is 0.268 e. The molecule has 0 unspecified atom stereocenters. The molecule has 0 aliphatic carbocycles. The lowest BCUT2D eigenvalue weighted by atomic mass is 10.1. The Morgan fingerprint density at radius 1 is 1.29 bits per heavy atom. The first-order chi connectivity index (χ1) is 7.84. The number of H-pyrrole nitrogens is 1. The van der Waals surface area contributed by atoms with E-state index in [1.165, 1.54) is 6.92 Å². The van der Waals surface area contributed by atoms with Crippen molar-refractivity contribution in [1.29, 1.82) is 0 Å². The summed E-state index contributed by atoms with van der Waals surface area (Å²) in [6.07, 6.45) is 0. The quantitative estimate of drug-likeness (QED) is 0.787. The van der Waals surface area contributed by atoms with Crippen molar-refractivity contribution in [2.45, 2.75) is 34.6 Å². The van der Waals surface area contributed by atoms with Crippen molar-refractivity contribution < 1.29 is 9.59 Å². The summed E-state index contributed by atoms with van der Waals surface area (Å²) >= 11 is 0. The Labute approximate surface area is 102 Å². The van der Waals surface area contributed by atoms with Gasteiger partial charge in [0.2, 0.25) is 0 Å². The van der Waals surface area contributed by atoms with Crippen LogP contribution >= 0.6 is 0 Å². The van der Waals surface area contributed by atoms with Crippen LogP contribution in [0, 0.1) is 19.8 Å². The summed E-state index contributed by atoms with van der Waals surface area (Å²) < 4.78 is 0. The number of nitrogens with one attached hydrogen (secondary N) is 2. The largest absolute Gasteiger partial charge is 0.354 e. The minimum Gasteiger partial charge on any atom is -0.354 e. The molecular weight excluding hydrogens is 216 g/mol. The maximum atomic E-state index is 11.9. The lowest BCUT2D eigenvalue weighted by Crippen LogP contribution is -2.28. The number of carbonyl (C=O) groups excluding carboxylic acids is 2. The Kier molecular flexibility index (Phi) is 4.10. The third-order valence-corrected chi connectivity index (χ3v) is 2.69. The summed E-state index contributed by atoms with van der Waals surface area (Å²) in [7, 11) is 0. The van der Waals surface area contributed by atoms with Crippen molar-refractivity contribution in [3.63, 3.8) is 0 Å². The van der Waals surface area contributed by atoms with Gasteiger partial charge in [-0.2, -0.15) is 0 Å². The number of ketones is 1. The first-order valence-corrected chi connectivity index (χ1v) is 5.82. The minimum atomic E-state index is -0.146. The number of aromatic amines is 1. The molecular formula is C13H20N2O2. The summed E-state index contributed by atoms with van der Waals surface area (Å²) in [4.78, 5) is 26.3. The van der Waals surface area contributed by atoms with Crippen LogP contribution in [0.5, 0.6) is 0 Å². The van der Waals surface area contributed by atoms with Crippen LogP contribution in [0.4, 0.5) is 0 Å². The monoisotopic (exact) mass is 236 g/mol. The highest BCUT2D eigenvalue weighted by molar-refractivity contribution is 6.02. The molecule has 0 radical (unpaired) electrons. The summed E-state index contributed by atoms with van der Waals surface area (Å²) in [5, 5.41) is 2.84. The molecule has 0 bridgehead atoms. The highest BCUT2D eigenvalue weighted by Gasteiger charge is 2.19. The molecule has 0 spiro atoms. The van der Waals surface area contributed by atoms with Crippen LogP contribution in [0.1, 0.15) is 52.9 Å². The zero-order valence-electron chi connectivity index (χ0n) is 11.1. The number of Topliss-reactive ketones (excluding diaryl/α,β-unsaturated/α-hetero) is 1. The van der Waals surface area contributed by atoms with Gasteiger partial charge >= 0.3 is 0 Å². The second-order valence-electron chi connectivity index (χ2n) is 4.79. The van der Waals surface area contributed by atoms with Gasteiger partial charge in [-0.15, -0.1) is 0 Å². The van der Waals surface area contributed by atoms with Gasteiger partial charge in [-0.3, -0.25) is 9.59 Å². The van der Waals surface area contributed by atoms with Gasteiger partial charge in [-0.05, 0) is 32.3 Å². The van der Waals surface area contributed by atoms with E-state index < -0.39 is 0 Å². The van der Waals surface area contributed by atoms with Gasteiger partial charge in [0.15, 0.2) is 5.78 Å². The van der Waals surface area contributed by atoms with E-state index in [1.807, 2.05) is 20.8 Å². The van der Waals surface area contributed by atoms with Crippen molar-refractivity contribution in [2.24, 2.45) is 5.92 Å². The number of hydrogen-bond acceptors (Lipinski definition) is 2. The van der Waals surface area contributed by atoms with Crippen molar-refractivity contribution in [3.8, 4) is 0 Å². The molecule has 1 heterocycles. The number of carbonyl (C=O) groups is 2. The van der Waals surface area contributed by atoms with Gasteiger partial charge in [0.05, 0.1) is 0 Å². The average Bonchev–Trinajstić information content (AvgIpc) is 2.50. The molecule has 0 saturated heterocycles. The number of amides is 1. The van der Waals surface area contributed by atoms with Crippen LogP contribution in [0.15, 0.2) is 0 Å². The fraction of sp³-hybridized carbons (Fsp3) is 0.538. The lowest BCUT2D eigenvalue weighted by Gasteiger charge is -2.07. The van der Waals surface area contributed by atoms with Crippen molar-refractivity contribution in [3.05, 3.63) is 22.5 Å². The van der Waals surface area contributed by atoms with Gasteiger partial charge in [0.1, 0.15) is 5.69 Å². The first kappa shape index (κ1) is 13.5. The molecule has 4 heteroatoms. The van der Waals surface area contributed by atoms with Crippen LogP contribution in [0.2, 0.25) is 0 Å². The highest BCUT2D eigenvalue weighted by atomic mass is 16.2. The van der Waals surface area contributed by atoms with E-state index >= 15 is 0 Å². The van der Waals surface area contributed by atoms with Crippen LogP contribution in [-0.2, 0) is 0 Å². The predicted octanol–water partition coefficient (Wildman–Crippen LogP) is 2.22. The summed E-state index contributed by atoms with van der Waals surface area (Å²) in [6, 6.07) is 0. The molecule has 1 aromatic heterocycles. The van der Waals surface area contributed by atoms with Crippen LogP contribution < -0.4 is 5.32 Å². The molecule has 0 atom stereocenters. The zero-order valence-corrected chi connectivity index (χ0v) is 11.1. The molecule has 1 aromatic rings. The van der Waals surface area contributed by atoms with Gasteiger partial charge in [-0.25, -0.2) is 0 Å². The molecule has 0 saturated carbocycles. The van der Waals surface area contributed by atoms with Crippen LogP contribution in [0.3, 0.4) is 0 Å². The molecule has 1 rings (SSSR count). The van der Waals surface area contributed by atoms with E-state index in [0.29, 0.717) is 23.7 Å². The summed E-state index contributed by atoms with van der Waals surface area (Å²) in [5.74, 6) is 0.244. The molecule has 17 heavy (non-hydrogen) atoms. The fourth-order valence-electron chi connectivity index (χ4n) is 1.89. The predicted molar refractivity (Wildman–Crippen MR) is 67.4 cm³/mol. The standard InChI is InChI=1S/C13H20N2O2/c1-7(2)6-14-13(17)12-8(3)11(10(5)16)9(4)15-12/h7,15H,6H2,1-5H3,(H,14,17). The van der Waals surface area contributed by atoms with Gasteiger partial charge in [0, 0.05) is 17.8 Å². The van der Waals surface area contributed by atoms with Gasteiger partial charge < -0.3 is 10.3 Å². The Bertz CT molecular complexity index is 445. The van der Waals surface area contributed by atoms with Crippen molar-refractivity contribution in [2.75, 3.05) is 6.54 Å². The molecule has 0 aliphatic heterocycles. The maximum absolute atomic E-state index is 11.9. The SMILES string of the molecule is CC(=O)c1c(C)[nH]c(C(=O)NCC(C)C)c1C. The number of hydrogen-bond donors (Lipinski definition) is 2. The van der Waals surface area contributed by atoms with E-state index in [9.17, 15) is 9.59 Å². The van der Waals surface area contributed by atoms with Crippen molar-refractivity contribution in [1.82, 2.24) is 10.3 Å². The second-order valence-corrected chi connectivity index (χ2v) is 4.79. The van der Waals surface area contributed by atoms with Gasteiger partial charge in [0.25, 0.3) is 5.91 Å². The van der Waals surface area contributed by atoms with E-state index in [1.54, 1.807) is 6.92 Å². The minimum absolute atomic E-state index is 0.0147. The van der Waals surface area contributed by atoms with E-state index in [0.717, 1.165) is 11.3 Å². The Morgan fingerprint density at radius 2 is 1.88 bits per heavy atom. The molecule has 4 nitrogen and oxygen atoms in total. The van der Waals surface area contributed by atoms with E-state index in [2.05, 4.69) is 10.3 Å². The summed E-state index contributed by atoms with van der Waals surface area (Å²) in [6.45, 7) is 9.82. The number of rotatable bonds is 4. The van der Waals surface area contributed by atoms with Gasteiger partial charge in [-0.1, -0.05) is 13.8 Å². The molecule has 0 fully saturated rings. The molecule has 0 aromatic carbocycles. The molecule has 0 aliphatic rings. The van der Waals surface area contributed by atoms with Crippen LogP contribution in [-0.4, -0.2) is 23.2 Å². The second kappa shape index (κ2) is 5.17. The fourth-order valence-corrected chi connectivity index (χ4v) is 1.89. The molecule has 2 N–H and O–H groups in total. The molecule has 94 valence electrons. The first-order valence-electron chi connectivity index (χ1n) is 5.82. The lowest BCUT2D eigenvalue weighted by molar-refractivity contribution is 0.0943. The normalized spacial score (nSPS) is 10.7. The molecule has 1 amide bonds. The highest BCUT2D eigenvalue weighted by Crippen LogP contribution is 2.18. The number of aromatic nitrogens is 1. The topological polar surface area (TPSA) is 62.0 Å². The van der Waals surface area contributed by atoms with E-state index in [4.69, 9.17) is 0 Å². The van der Waals surface area contributed by atoms with E-state index in [-0.39, 0.29) is 11.7 Å². The zero-order chi connectivity index (χ0) is 13.2. The Balaban J connectivity index is 2.96. The Morgan fingerprint density at radius 3 is 2.29 bits per heavy atom. The average molecular weight is 236 g/mol.